The Kier molecular flexibility index (Phi) is 6.55. The molecule has 1 aliphatic heterocycles. The van der Waals surface area contributed by atoms with Crippen molar-refractivity contribution in [2.75, 3.05) is 24.4 Å². The van der Waals surface area contributed by atoms with E-state index >= 15 is 0 Å². The van der Waals surface area contributed by atoms with Gasteiger partial charge in [0.15, 0.2) is 0 Å². The number of halogens is 1. The van der Waals surface area contributed by atoms with E-state index < -0.39 is 10.0 Å². The lowest BCUT2D eigenvalue weighted by molar-refractivity contribution is 0.199. The second-order valence-electron chi connectivity index (χ2n) is 8.25. The first kappa shape index (κ1) is 22.4. The van der Waals surface area contributed by atoms with Gasteiger partial charge in [0.05, 0.1) is 0 Å². The van der Waals surface area contributed by atoms with Crippen molar-refractivity contribution in [2.45, 2.75) is 31.3 Å². The van der Waals surface area contributed by atoms with Crippen molar-refractivity contribution in [3.8, 4) is 11.1 Å². The summed E-state index contributed by atoms with van der Waals surface area (Å²) in [6.07, 6.45) is 2.87. The van der Waals surface area contributed by atoms with Crippen molar-refractivity contribution < 1.29 is 12.8 Å². The lowest BCUT2D eigenvalue weighted by Gasteiger charge is -2.32. The van der Waals surface area contributed by atoms with Crippen molar-refractivity contribution in [3.05, 3.63) is 77.9 Å². The lowest BCUT2D eigenvalue weighted by Crippen LogP contribution is -2.48. The number of anilines is 1. The molecule has 1 atom stereocenters. The highest BCUT2D eigenvalue weighted by Crippen LogP contribution is 2.24. The number of benzene rings is 2. The first-order valence-electron chi connectivity index (χ1n) is 10.6. The quantitative estimate of drug-likeness (QED) is 0.593. The molecule has 4 rings (SSSR count). The van der Waals surface area contributed by atoms with Gasteiger partial charge in [0.1, 0.15) is 10.7 Å². The topological polar surface area (TPSA) is 74.3 Å². The Balaban J connectivity index is 1.50. The molecule has 1 aliphatic rings. The van der Waals surface area contributed by atoms with E-state index in [9.17, 15) is 12.8 Å². The van der Waals surface area contributed by atoms with Crippen molar-refractivity contribution >= 4 is 15.7 Å². The Morgan fingerprint density at radius 3 is 2.62 bits per heavy atom. The third-order valence-corrected chi connectivity index (χ3v) is 6.99. The van der Waals surface area contributed by atoms with Crippen LogP contribution in [-0.4, -0.2) is 44.0 Å². The maximum Gasteiger partial charge on any atom is 0.263 e. The zero-order valence-electron chi connectivity index (χ0n) is 18.2. The first-order valence-corrected chi connectivity index (χ1v) is 12.1. The van der Waals surface area contributed by atoms with Gasteiger partial charge in [0.2, 0.25) is 0 Å². The van der Waals surface area contributed by atoms with Crippen LogP contribution in [0, 0.1) is 12.7 Å². The molecular weight excluding hydrogens is 427 g/mol. The number of hydrogen-bond acceptors (Lipinski definition) is 5. The fourth-order valence-electron chi connectivity index (χ4n) is 3.91. The van der Waals surface area contributed by atoms with Gasteiger partial charge in [-0.05, 0) is 60.9 Å². The van der Waals surface area contributed by atoms with Gasteiger partial charge in [-0.3, -0.25) is 14.6 Å². The summed E-state index contributed by atoms with van der Waals surface area (Å²) < 4.78 is 41.8. The standard InChI is InChI=1S/C24H27FN4O2S/c1-17-11-23(8-5-20(17)16-29-10-9-27-18(2)15-29)28-32(30,31)24-12-21(13-26-14-24)19-3-6-22(25)7-4-19/h3-8,11-14,18,27-28H,9-10,15-16H2,1-2H3/t18-/m0/s1. The summed E-state index contributed by atoms with van der Waals surface area (Å²) in [4.78, 5) is 6.53. The summed E-state index contributed by atoms with van der Waals surface area (Å²) in [6, 6.07) is 13.5. The highest BCUT2D eigenvalue weighted by Gasteiger charge is 2.18. The number of piperazine rings is 1. The van der Waals surface area contributed by atoms with Crippen LogP contribution in [0.25, 0.3) is 11.1 Å². The number of aromatic nitrogens is 1. The zero-order chi connectivity index (χ0) is 22.7. The average molecular weight is 455 g/mol. The van der Waals surface area contributed by atoms with Crippen LogP contribution in [0.3, 0.4) is 0 Å². The maximum absolute atomic E-state index is 13.2. The molecule has 1 aromatic heterocycles. The first-order chi connectivity index (χ1) is 15.3. The molecule has 2 aromatic carbocycles. The zero-order valence-corrected chi connectivity index (χ0v) is 19.0. The molecule has 32 heavy (non-hydrogen) atoms. The monoisotopic (exact) mass is 454 g/mol. The number of rotatable bonds is 6. The minimum atomic E-state index is -3.82. The highest BCUT2D eigenvalue weighted by atomic mass is 32.2. The summed E-state index contributed by atoms with van der Waals surface area (Å²) in [6.45, 7) is 7.98. The average Bonchev–Trinajstić information content (AvgIpc) is 2.76. The van der Waals surface area contributed by atoms with Gasteiger partial charge in [0.25, 0.3) is 10.0 Å². The molecular formula is C24H27FN4O2S. The van der Waals surface area contributed by atoms with Crippen molar-refractivity contribution in [2.24, 2.45) is 0 Å². The fraction of sp³-hybridized carbons (Fsp3) is 0.292. The van der Waals surface area contributed by atoms with Gasteiger partial charge in [-0.1, -0.05) is 18.2 Å². The van der Waals surface area contributed by atoms with Crippen molar-refractivity contribution in [1.82, 2.24) is 15.2 Å². The van der Waals surface area contributed by atoms with Crippen LogP contribution in [0.4, 0.5) is 10.1 Å². The van der Waals surface area contributed by atoms with Gasteiger partial charge in [-0.15, -0.1) is 0 Å². The third kappa shape index (κ3) is 5.32. The third-order valence-electron chi connectivity index (χ3n) is 5.64. The molecule has 0 aliphatic carbocycles. The normalized spacial score (nSPS) is 17.3. The molecule has 2 N–H and O–H groups in total. The van der Waals surface area contributed by atoms with Crippen LogP contribution in [0.1, 0.15) is 18.1 Å². The number of pyridine rings is 1. The summed E-state index contributed by atoms with van der Waals surface area (Å²) in [5, 5.41) is 3.44. The van der Waals surface area contributed by atoms with E-state index in [1.165, 1.54) is 30.0 Å². The molecule has 6 nitrogen and oxygen atoms in total. The summed E-state index contributed by atoms with van der Waals surface area (Å²) in [7, 11) is -3.82. The molecule has 1 saturated heterocycles. The Bertz CT molecular complexity index is 1200. The maximum atomic E-state index is 13.2. The largest absolute Gasteiger partial charge is 0.312 e. The van der Waals surface area contributed by atoms with Crippen LogP contribution >= 0.6 is 0 Å². The molecule has 0 amide bonds. The number of hydrogen-bond donors (Lipinski definition) is 2. The highest BCUT2D eigenvalue weighted by molar-refractivity contribution is 7.92. The minimum Gasteiger partial charge on any atom is -0.312 e. The van der Waals surface area contributed by atoms with Crippen LogP contribution in [0.5, 0.6) is 0 Å². The second-order valence-corrected chi connectivity index (χ2v) is 9.94. The lowest BCUT2D eigenvalue weighted by atomic mass is 10.1. The molecule has 1 fully saturated rings. The molecule has 0 spiro atoms. The Labute approximate surface area is 188 Å². The van der Waals surface area contributed by atoms with Gasteiger partial charge >= 0.3 is 0 Å². The molecule has 0 saturated carbocycles. The summed E-state index contributed by atoms with van der Waals surface area (Å²) in [5.41, 5.74) is 4.02. The smallest absolute Gasteiger partial charge is 0.263 e. The van der Waals surface area contributed by atoms with Crippen LogP contribution in [0.15, 0.2) is 65.8 Å². The number of nitrogens with zero attached hydrogens (tertiary/aromatic N) is 2. The van der Waals surface area contributed by atoms with E-state index in [1.807, 2.05) is 19.1 Å². The number of aryl methyl sites for hydroxylation is 1. The van der Waals surface area contributed by atoms with Crippen LogP contribution in [0.2, 0.25) is 0 Å². The predicted octanol–water partition coefficient (Wildman–Crippen LogP) is 3.79. The Morgan fingerprint density at radius 1 is 1.12 bits per heavy atom. The van der Waals surface area contributed by atoms with Crippen LogP contribution < -0.4 is 10.0 Å². The molecule has 0 unspecified atom stereocenters. The Hall–Kier alpha value is -2.81. The predicted molar refractivity (Wildman–Crippen MR) is 124 cm³/mol. The molecule has 0 bridgehead atoms. The van der Waals surface area contributed by atoms with E-state index in [4.69, 9.17) is 0 Å². The molecule has 8 heteroatoms. The summed E-state index contributed by atoms with van der Waals surface area (Å²) >= 11 is 0. The van der Waals surface area contributed by atoms with Gasteiger partial charge in [-0.25, -0.2) is 12.8 Å². The molecule has 2 heterocycles. The summed E-state index contributed by atoms with van der Waals surface area (Å²) in [5.74, 6) is -0.350. The SMILES string of the molecule is Cc1cc(NS(=O)(=O)c2cncc(-c3ccc(F)cc3)c2)ccc1CN1CCN[C@@H](C)C1. The molecule has 3 aromatic rings. The van der Waals surface area contributed by atoms with Gasteiger partial charge in [0, 0.05) is 55.9 Å². The van der Waals surface area contributed by atoms with E-state index in [-0.39, 0.29) is 10.7 Å². The number of sulfonamides is 1. The van der Waals surface area contributed by atoms with Crippen LogP contribution in [-0.2, 0) is 16.6 Å². The molecule has 0 radical (unpaired) electrons. The molecule has 168 valence electrons. The van der Waals surface area contributed by atoms with Gasteiger partial charge in [-0.2, -0.15) is 0 Å². The van der Waals surface area contributed by atoms with E-state index in [2.05, 4.69) is 26.8 Å². The Morgan fingerprint density at radius 2 is 1.91 bits per heavy atom. The minimum absolute atomic E-state index is 0.0517. The van der Waals surface area contributed by atoms with Crippen molar-refractivity contribution in [3.63, 3.8) is 0 Å². The fourth-order valence-corrected chi connectivity index (χ4v) is 4.95. The number of nitrogens with one attached hydrogen (secondary N) is 2. The second kappa shape index (κ2) is 9.36. The van der Waals surface area contributed by atoms with E-state index in [0.717, 1.165) is 31.7 Å². The van der Waals surface area contributed by atoms with Gasteiger partial charge < -0.3 is 5.32 Å². The van der Waals surface area contributed by atoms with E-state index in [0.29, 0.717) is 22.9 Å². The van der Waals surface area contributed by atoms with Crippen molar-refractivity contribution in [1.29, 1.82) is 0 Å². The van der Waals surface area contributed by atoms with E-state index in [1.54, 1.807) is 24.4 Å².